The van der Waals surface area contributed by atoms with E-state index in [1.54, 1.807) is 6.92 Å². The number of anilines is 1. The SMILES string of the molecule is CC(O)c1ccc(N2CCC(C)(C(N)=O)C2)c(Br)c1. The van der Waals surface area contributed by atoms with E-state index in [-0.39, 0.29) is 5.91 Å². The van der Waals surface area contributed by atoms with E-state index >= 15 is 0 Å². The molecule has 1 amide bonds. The molecule has 0 saturated carbocycles. The zero-order chi connectivity index (χ0) is 14.2. The van der Waals surface area contributed by atoms with Gasteiger partial charge in [0.05, 0.1) is 17.2 Å². The van der Waals surface area contributed by atoms with Crippen LogP contribution in [-0.2, 0) is 4.79 Å². The van der Waals surface area contributed by atoms with Crippen molar-refractivity contribution < 1.29 is 9.90 Å². The molecular formula is C14H19BrN2O2. The molecule has 104 valence electrons. The predicted octanol–water partition coefficient (Wildman–Crippen LogP) is 2.20. The van der Waals surface area contributed by atoms with Crippen molar-refractivity contribution in [2.24, 2.45) is 11.1 Å². The van der Waals surface area contributed by atoms with Gasteiger partial charge in [0, 0.05) is 17.6 Å². The molecule has 2 rings (SSSR count). The molecule has 0 bridgehead atoms. The average molecular weight is 327 g/mol. The van der Waals surface area contributed by atoms with Crippen LogP contribution in [0.5, 0.6) is 0 Å². The van der Waals surface area contributed by atoms with E-state index in [4.69, 9.17) is 5.73 Å². The zero-order valence-corrected chi connectivity index (χ0v) is 12.8. The first-order chi connectivity index (χ1) is 8.83. The Morgan fingerprint density at radius 1 is 1.58 bits per heavy atom. The second-order valence-electron chi connectivity index (χ2n) is 5.48. The van der Waals surface area contributed by atoms with E-state index in [9.17, 15) is 9.90 Å². The highest BCUT2D eigenvalue weighted by atomic mass is 79.9. The summed E-state index contributed by atoms with van der Waals surface area (Å²) in [4.78, 5) is 13.6. The van der Waals surface area contributed by atoms with Crippen LogP contribution >= 0.6 is 15.9 Å². The number of carbonyl (C=O) groups is 1. The lowest BCUT2D eigenvalue weighted by Gasteiger charge is -2.24. The Labute approximate surface area is 121 Å². The summed E-state index contributed by atoms with van der Waals surface area (Å²) in [7, 11) is 0. The van der Waals surface area contributed by atoms with Crippen molar-refractivity contribution in [1.29, 1.82) is 0 Å². The number of aliphatic hydroxyl groups is 1. The minimum absolute atomic E-state index is 0.244. The highest BCUT2D eigenvalue weighted by Crippen LogP contribution is 2.37. The molecule has 1 heterocycles. The van der Waals surface area contributed by atoms with E-state index in [1.165, 1.54) is 0 Å². The van der Waals surface area contributed by atoms with E-state index in [1.807, 2.05) is 25.1 Å². The first-order valence-electron chi connectivity index (χ1n) is 6.36. The summed E-state index contributed by atoms with van der Waals surface area (Å²) in [5, 5.41) is 9.56. The van der Waals surface area contributed by atoms with Gasteiger partial charge in [0.1, 0.15) is 0 Å². The second kappa shape index (κ2) is 5.13. The maximum atomic E-state index is 11.5. The van der Waals surface area contributed by atoms with Gasteiger partial charge in [-0.05, 0) is 53.9 Å². The Morgan fingerprint density at radius 3 is 2.74 bits per heavy atom. The third-order valence-electron chi connectivity index (χ3n) is 3.86. The van der Waals surface area contributed by atoms with Crippen molar-refractivity contribution in [3.8, 4) is 0 Å². The molecule has 0 radical (unpaired) electrons. The quantitative estimate of drug-likeness (QED) is 0.894. The van der Waals surface area contributed by atoms with Gasteiger partial charge in [-0.3, -0.25) is 4.79 Å². The molecule has 2 unspecified atom stereocenters. The third-order valence-corrected chi connectivity index (χ3v) is 4.50. The summed E-state index contributed by atoms with van der Waals surface area (Å²) in [6.45, 7) is 5.09. The first-order valence-corrected chi connectivity index (χ1v) is 7.15. The van der Waals surface area contributed by atoms with Crippen LogP contribution in [0.3, 0.4) is 0 Å². The van der Waals surface area contributed by atoms with E-state index in [0.717, 1.165) is 28.7 Å². The molecule has 2 atom stereocenters. The van der Waals surface area contributed by atoms with Crippen LogP contribution in [0.15, 0.2) is 22.7 Å². The molecule has 5 heteroatoms. The highest BCUT2D eigenvalue weighted by molar-refractivity contribution is 9.10. The molecular weight excluding hydrogens is 308 g/mol. The van der Waals surface area contributed by atoms with Crippen molar-refractivity contribution in [1.82, 2.24) is 0 Å². The summed E-state index contributed by atoms with van der Waals surface area (Å²) < 4.78 is 0.930. The number of rotatable bonds is 3. The fourth-order valence-electron chi connectivity index (χ4n) is 2.41. The molecule has 4 nitrogen and oxygen atoms in total. The smallest absolute Gasteiger partial charge is 0.225 e. The molecule has 0 spiro atoms. The summed E-state index contributed by atoms with van der Waals surface area (Å²) in [5.74, 6) is -0.244. The maximum Gasteiger partial charge on any atom is 0.225 e. The van der Waals surface area contributed by atoms with E-state index in [0.29, 0.717) is 6.54 Å². The number of primary amides is 1. The van der Waals surface area contributed by atoms with Gasteiger partial charge < -0.3 is 15.7 Å². The Balaban J connectivity index is 2.23. The minimum Gasteiger partial charge on any atom is -0.389 e. The fraction of sp³-hybridized carbons (Fsp3) is 0.500. The van der Waals surface area contributed by atoms with Crippen LogP contribution in [-0.4, -0.2) is 24.1 Å². The van der Waals surface area contributed by atoms with Crippen LogP contribution in [0.1, 0.15) is 31.9 Å². The lowest BCUT2D eigenvalue weighted by molar-refractivity contribution is -0.125. The van der Waals surface area contributed by atoms with Crippen molar-refractivity contribution >= 4 is 27.5 Å². The number of amides is 1. The Bertz CT molecular complexity index is 504. The Kier molecular flexibility index (Phi) is 3.87. The van der Waals surface area contributed by atoms with Gasteiger partial charge in [0.2, 0.25) is 5.91 Å². The molecule has 19 heavy (non-hydrogen) atoms. The van der Waals surface area contributed by atoms with Gasteiger partial charge in [0.25, 0.3) is 0 Å². The van der Waals surface area contributed by atoms with Gasteiger partial charge in [-0.1, -0.05) is 6.07 Å². The summed E-state index contributed by atoms with van der Waals surface area (Å²) in [6.07, 6.45) is 0.284. The number of hydrogen-bond acceptors (Lipinski definition) is 3. The van der Waals surface area contributed by atoms with Gasteiger partial charge in [-0.2, -0.15) is 0 Å². The lowest BCUT2D eigenvalue weighted by atomic mass is 9.89. The monoisotopic (exact) mass is 326 g/mol. The van der Waals surface area contributed by atoms with Gasteiger partial charge in [0.15, 0.2) is 0 Å². The number of halogens is 1. The van der Waals surface area contributed by atoms with Crippen molar-refractivity contribution in [3.63, 3.8) is 0 Å². The number of benzene rings is 1. The van der Waals surface area contributed by atoms with Crippen LogP contribution in [0, 0.1) is 5.41 Å². The zero-order valence-electron chi connectivity index (χ0n) is 11.2. The maximum absolute atomic E-state index is 11.5. The Morgan fingerprint density at radius 2 is 2.26 bits per heavy atom. The third kappa shape index (κ3) is 2.77. The number of carbonyl (C=O) groups excluding carboxylic acids is 1. The topological polar surface area (TPSA) is 66.6 Å². The molecule has 1 saturated heterocycles. The lowest BCUT2D eigenvalue weighted by Crippen LogP contribution is -2.37. The van der Waals surface area contributed by atoms with Crippen LogP contribution in [0.4, 0.5) is 5.69 Å². The average Bonchev–Trinajstić information content (AvgIpc) is 2.73. The fourth-order valence-corrected chi connectivity index (χ4v) is 3.05. The van der Waals surface area contributed by atoms with Crippen molar-refractivity contribution in [2.45, 2.75) is 26.4 Å². The molecule has 1 aromatic carbocycles. The van der Waals surface area contributed by atoms with Crippen LogP contribution < -0.4 is 10.6 Å². The summed E-state index contributed by atoms with van der Waals surface area (Å²) >= 11 is 3.53. The second-order valence-corrected chi connectivity index (χ2v) is 6.34. The van der Waals surface area contributed by atoms with Crippen molar-refractivity contribution in [2.75, 3.05) is 18.0 Å². The molecule has 3 N–H and O–H groups in total. The van der Waals surface area contributed by atoms with Gasteiger partial charge in [-0.15, -0.1) is 0 Å². The molecule has 0 aromatic heterocycles. The summed E-state index contributed by atoms with van der Waals surface area (Å²) in [5.41, 5.74) is 6.91. The highest BCUT2D eigenvalue weighted by Gasteiger charge is 2.39. The normalized spacial score (nSPS) is 24.5. The van der Waals surface area contributed by atoms with E-state index in [2.05, 4.69) is 20.8 Å². The largest absolute Gasteiger partial charge is 0.389 e. The predicted molar refractivity (Wildman–Crippen MR) is 78.9 cm³/mol. The first kappa shape index (κ1) is 14.3. The molecule has 1 aliphatic heterocycles. The standard InChI is InChI=1S/C14H19BrN2O2/c1-9(18)10-3-4-12(11(15)7-10)17-6-5-14(2,8-17)13(16)19/h3-4,7,9,18H,5-6,8H2,1-2H3,(H2,16,19). The number of hydrogen-bond donors (Lipinski definition) is 2. The van der Waals surface area contributed by atoms with Crippen LogP contribution in [0.25, 0.3) is 0 Å². The number of aliphatic hydroxyl groups excluding tert-OH is 1. The number of nitrogens with two attached hydrogens (primary N) is 1. The molecule has 0 aliphatic carbocycles. The minimum atomic E-state index is -0.486. The van der Waals surface area contributed by atoms with Gasteiger partial charge in [-0.25, -0.2) is 0 Å². The summed E-state index contributed by atoms with van der Waals surface area (Å²) in [6, 6.07) is 5.80. The molecule has 1 aliphatic rings. The number of nitrogens with zero attached hydrogens (tertiary/aromatic N) is 1. The van der Waals surface area contributed by atoms with Gasteiger partial charge >= 0.3 is 0 Å². The molecule has 1 fully saturated rings. The molecule has 1 aromatic rings. The van der Waals surface area contributed by atoms with Crippen molar-refractivity contribution in [3.05, 3.63) is 28.2 Å². The van der Waals surface area contributed by atoms with Crippen LogP contribution in [0.2, 0.25) is 0 Å². The van der Waals surface area contributed by atoms with E-state index < -0.39 is 11.5 Å². The Hall–Kier alpha value is -1.07.